The lowest BCUT2D eigenvalue weighted by atomic mass is 9.78. The third-order valence-electron chi connectivity index (χ3n) is 5.12. The third kappa shape index (κ3) is 3.07. The second kappa shape index (κ2) is 6.71. The number of ether oxygens (including phenoxy) is 1. The molecule has 0 spiro atoms. The van der Waals surface area contributed by atoms with Crippen molar-refractivity contribution in [3.63, 3.8) is 0 Å². The Balaban J connectivity index is 1.87. The lowest BCUT2D eigenvalue weighted by molar-refractivity contribution is -0.0745. The van der Waals surface area contributed by atoms with Gasteiger partial charge in [0.1, 0.15) is 11.3 Å². The van der Waals surface area contributed by atoms with Crippen LogP contribution in [0.25, 0.3) is 0 Å². The van der Waals surface area contributed by atoms with Gasteiger partial charge >= 0.3 is 0 Å². The topological polar surface area (TPSA) is 21.3 Å². The molecular weight excluding hydrogens is 318 g/mol. The van der Waals surface area contributed by atoms with E-state index >= 15 is 0 Å². The summed E-state index contributed by atoms with van der Waals surface area (Å²) in [5.41, 5.74) is 2.74. The Morgan fingerprint density at radius 1 is 0.731 bits per heavy atom. The average Bonchev–Trinajstić information content (AvgIpc) is 2.95. The zero-order chi connectivity index (χ0) is 18.0. The van der Waals surface area contributed by atoms with Crippen LogP contribution in [0.4, 0.5) is 0 Å². The molecule has 1 fully saturated rings. The van der Waals surface area contributed by atoms with Crippen molar-refractivity contribution >= 4 is 0 Å². The molecule has 26 heavy (non-hydrogen) atoms. The van der Waals surface area contributed by atoms with Crippen LogP contribution in [-0.2, 0) is 16.8 Å². The average molecular weight is 343 g/mol. The second-order valence-corrected chi connectivity index (χ2v) is 7.47. The first-order valence-electron chi connectivity index (χ1n) is 9.23. The summed E-state index contributed by atoms with van der Waals surface area (Å²) in [4.78, 5) is 0. The van der Waals surface area contributed by atoms with Crippen molar-refractivity contribution < 1.29 is 4.74 Å². The van der Waals surface area contributed by atoms with Gasteiger partial charge in [0.2, 0.25) is 0 Å². The van der Waals surface area contributed by atoms with Crippen LogP contribution in [0.3, 0.4) is 0 Å². The third-order valence-corrected chi connectivity index (χ3v) is 5.12. The van der Waals surface area contributed by atoms with Gasteiger partial charge in [-0.3, -0.25) is 5.32 Å². The van der Waals surface area contributed by atoms with Crippen molar-refractivity contribution in [1.29, 1.82) is 0 Å². The molecule has 4 rings (SSSR count). The number of nitrogens with one attached hydrogen (secondary N) is 1. The van der Waals surface area contributed by atoms with E-state index in [1.165, 1.54) is 16.7 Å². The SMILES string of the molecule is CC1(C)N[C@@H](Cc2ccccc2)C(c2ccccc2)(c2ccccc2)O1. The Labute approximate surface area is 155 Å². The van der Waals surface area contributed by atoms with Gasteiger partial charge in [-0.2, -0.15) is 0 Å². The summed E-state index contributed by atoms with van der Waals surface area (Å²) in [5, 5.41) is 3.74. The van der Waals surface area contributed by atoms with Crippen LogP contribution in [0.1, 0.15) is 30.5 Å². The molecule has 0 aromatic heterocycles. The van der Waals surface area contributed by atoms with E-state index < -0.39 is 11.3 Å². The summed E-state index contributed by atoms with van der Waals surface area (Å²) in [6.07, 6.45) is 0.897. The van der Waals surface area contributed by atoms with Crippen LogP contribution < -0.4 is 5.32 Å². The Bertz CT molecular complexity index is 804. The van der Waals surface area contributed by atoms with Gasteiger partial charge in [-0.05, 0) is 37.0 Å². The lowest BCUT2D eigenvalue weighted by Gasteiger charge is -2.36. The van der Waals surface area contributed by atoms with E-state index in [-0.39, 0.29) is 6.04 Å². The summed E-state index contributed by atoms with van der Waals surface area (Å²) in [5.74, 6) is 0. The van der Waals surface area contributed by atoms with Gasteiger partial charge in [-0.1, -0.05) is 91.0 Å². The molecule has 0 radical (unpaired) electrons. The van der Waals surface area contributed by atoms with Gasteiger partial charge in [-0.15, -0.1) is 0 Å². The Hall–Kier alpha value is -2.42. The minimum absolute atomic E-state index is 0.129. The minimum Gasteiger partial charge on any atom is -0.344 e. The minimum atomic E-state index is -0.526. The standard InChI is InChI=1S/C24H25NO/c1-23(2)25-22(18-19-12-6-3-7-13-19)24(26-23,20-14-8-4-9-15-20)21-16-10-5-11-17-21/h3-17,22,25H,18H2,1-2H3/t22-/m0/s1. The first-order chi connectivity index (χ1) is 12.6. The molecule has 1 aliphatic rings. The fraction of sp³-hybridized carbons (Fsp3) is 0.250. The van der Waals surface area contributed by atoms with Gasteiger partial charge in [0.15, 0.2) is 0 Å². The van der Waals surface area contributed by atoms with Crippen LogP contribution in [0.15, 0.2) is 91.0 Å². The molecule has 0 unspecified atom stereocenters. The first-order valence-corrected chi connectivity index (χ1v) is 9.23. The first kappa shape index (κ1) is 17.0. The van der Waals surface area contributed by atoms with Gasteiger partial charge in [0.05, 0.1) is 6.04 Å². The zero-order valence-corrected chi connectivity index (χ0v) is 15.4. The Kier molecular flexibility index (Phi) is 4.39. The quantitative estimate of drug-likeness (QED) is 0.728. The van der Waals surface area contributed by atoms with Crippen LogP contribution in [0, 0.1) is 0 Å². The molecule has 1 heterocycles. The van der Waals surface area contributed by atoms with Gasteiger partial charge < -0.3 is 4.74 Å². The smallest absolute Gasteiger partial charge is 0.136 e. The Morgan fingerprint density at radius 2 is 1.19 bits per heavy atom. The van der Waals surface area contributed by atoms with E-state index in [1.54, 1.807) is 0 Å². The summed E-state index contributed by atoms with van der Waals surface area (Å²) >= 11 is 0. The molecule has 2 nitrogen and oxygen atoms in total. The normalized spacial score (nSPS) is 20.8. The maximum atomic E-state index is 6.78. The predicted octanol–water partition coefficient (Wildman–Crippen LogP) is 4.90. The van der Waals surface area contributed by atoms with E-state index in [0.717, 1.165) is 6.42 Å². The lowest BCUT2D eigenvalue weighted by Crippen LogP contribution is -2.44. The number of hydrogen-bond donors (Lipinski definition) is 1. The number of hydrogen-bond acceptors (Lipinski definition) is 2. The molecule has 1 atom stereocenters. The number of rotatable bonds is 4. The van der Waals surface area contributed by atoms with Crippen LogP contribution in [0.2, 0.25) is 0 Å². The van der Waals surface area contributed by atoms with Crippen molar-refractivity contribution in [2.24, 2.45) is 0 Å². The summed E-state index contributed by atoms with van der Waals surface area (Å²) in [7, 11) is 0. The summed E-state index contributed by atoms with van der Waals surface area (Å²) in [6, 6.07) is 31.9. The molecule has 0 saturated carbocycles. The van der Waals surface area contributed by atoms with E-state index in [9.17, 15) is 0 Å². The highest BCUT2D eigenvalue weighted by molar-refractivity contribution is 5.41. The van der Waals surface area contributed by atoms with E-state index in [4.69, 9.17) is 4.74 Å². The molecule has 1 saturated heterocycles. The van der Waals surface area contributed by atoms with Crippen LogP contribution in [0.5, 0.6) is 0 Å². The van der Waals surface area contributed by atoms with Crippen molar-refractivity contribution in [3.05, 3.63) is 108 Å². The maximum absolute atomic E-state index is 6.78. The van der Waals surface area contributed by atoms with Crippen molar-refractivity contribution in [2.75, 3.05) is 0 Å². The van der Waals surface area contributed by atoms with E-state index in [1.807, 2.05) is 0 Å². The zero-order valence-electron chi connectivity index (χ0n) is 15.4. The fourth-order valence-corrected chi connectivity index (χ4v) is 4.13. The molecule has 3 aromatic rings. The molecule has 1 aliphatic heterocycles. The summed E-state index contributed by atoms with van der Waals surface area (Å²) in [6.45, 7) is 4.22. The molecule has 132 valence electrons. The molecule has 0 amide bonds. The van der Waals surface area contributed by atoms with Gasteiger partial charge in [0, 0.05) is 0 Å². The molecule has 3 aromatic carbocycles. The van der Waals surface area contributed by atoms with E-state index in [0.29, 0.717) is 0 Å². The fourth-order valence-electron chi connectivity index (χ4n) is 4.13. The Morgan fingerprint density at radius 3 is 1.69 bits per heavy atom. The largest absolute Gasteiger partial charge is 0.344 e. The molecule has 0 aliphatic carbocycles. The second-order valence-electron chi connectivity index (χ2n) is 7.47. The van der Waals surface area contributed by atoms with Crippen molar-refractivity contribution in [2.45, 2.75) is 37.6 Å². The van der Waals surface area contributed by atoms with Gasteiger partial charge in [0.25, 0.3) is 0 Å². The van der Waals surface area contributed by atoms with Crippen LogP contribution >= 0.6 is 0 Å². The van der Waals surface area contributed by atoms with Gasteiger partial charge in [-0.25, -0.2) is 0 Å². The molecule has 0 bridgehead atoms. The van der Waals surface area contributed by atoms with Crippen molar-refractivity contribution in [3.8, 4) is 0 Å². The number of benzene rings is 3. The monoisotopic (exact) mass is 343 g/mol. The van der Waals surface area contributed by atoms with Crippen LogP contribution in [-0.4, -0.2) is 11.8 Å². The maximum Gasteiger partial charge on any atom is 0.136 e. The molecule has 1 N–H and O–H groups in total. The summed E-state index contributed by atoms with van der Waals surface area (Å²) < 4.78 is 6.78. The van der Waals surface area contributed by atoms with Crippen molar-refractivity contribution in [1.82, 2.24) is 5.32 Å². The van der Waals surface area contributed by atoms with E-state index in [2.05, 4.69) is 110 Å². The highest BCUT2D eigenvalue weighted by Crippen LogP contribution is 2.45. The highest BCUT2D eigenvalue weighted by atomic mass is 16.6. The predicted molar refractivity (Wildman–Crippen MR) is 106 cm³/mol. The molecular formula is C24H25NO. The highest BCUT2D eigenvalue weighted by Gasteiger charge is 2.53. The molecule has 2 heteroatoms.